The number of amides is 2. The highest BCUT2D eigenvalue weighted by Gasteiger charge is 2.07. The van der Waals surface area contributed by atoms with Crippen LogP contribution in [0.5, 0.6) is 5.75 Å². The molecule has 6 nitrogen and oxygen atoms in total. The molecule has 0 saturated heterocycles. The number of hydrogen-bond donors (Lipinski definition) is 2. The normalized spacial score (nSPS) is 10.8. The molecule has 0 spiro atoms. The van der Waals surface area contributed by atoms with E-state index in [-0.39, 0.29) is 24.7 Å². The topological polar surface area (TPSA) is 79.8 Å². The van der Waals surface area contributed by atoms with Crippen LogP contribution in [0.2, 0.25) is 15.1 Å². The van der Waals surface area contributed by atoms with Crippen molar-refractivity contribution < 1.29 is 14.3 Å². The molecule has 0 aromatic heterocycles. The van der Waals surface area contributed by atoms with Gasteiger partial charge in [0.05, 0.1) is 16.3 Å². The molecule has 3 rings (SSSR count). The van der Waals surface area contributed by atoms with Gasteiger partial charge in [0.2, 0.25) is 11.8 Å². The van der Waals surface area contributed by atoms with Crippen LogP contribution in [0.1, 0.15) is 30.4 Å². The molecule has 0 fully saturated rings. The van der Waals surface area contributed by atoms with E-state index in [1.54, 1.807) is 18.2 Å². The van der Waals surface area contributed by atoms with E-state index >= 15 is 0 Å². The third kappa shape index (κ3) is 8.37. The van der Waals surface area contributed by atoms with Gasteiger partial charge in [-0.3, -0.25) is 9.59 Å². The molecule has 9 heteroatoms. The van der Waals surface area contributed by atoms with Gasteiger partial charge < -0.3 is 10.1 Å². The zero-order valence-corrected chi connectivity index (χ0v) is 20.3. The fourth-order valence-electron chi connectivity index (χ4n) is 2.87. The number of rotatable bonds is 10. The molecule has 2 amide bonds. The summed E-state index contributed by atoms with van der Waals surface area (Å²) in [7, 11) is 0. The minimum atomic E-state index is -0.279. The Balaban J connectivity index is 1.35. The van der Waals surface area contributed by atoms with Crippen LogP contribution >= 0.6 is 34.8 Å². The summed E-state index contributed by atoms with van der Waals surface area (Å²) < 4.78 is 5.74. The summed E-state index contributed by atoms with van der Waals surface area (Å²) in [5, 5.41) is 8.09. The van der Waals surface area contributed by atoms with Gasteiger partial charge in [-0.1, -0.05) is 53.0 Å². The van der Waals surface area contributed by atoms with Crippen molar-refractivity contribution in [2.45, 2.75) is 25.9 Å². The van der Waals surface area contributed by atoms with Gasteiger partial charge in [-0.2, -0.15) is 5.10 Å². The number of halogens is 3. The van der Waals surface area contributed by atoms with E-state index in [1.807, 2.05) is 48.5 Å². The summed E-state index contributed by atoms with van der Waals surface area (Å²) in [6, 6.07) is 19.6. The number of anilines is 1. The van der Waals surface area contributed by atoms with E-state index in [1.165, 1.54) is 6.21 Å². The summed E-state index contributed by atoms with van der Waals surface area (Å²) in [5.74, 6) is 0.199. The molecule has 0 bridgehead atoms. The second kappa shape index (κ2) is 13.0. The van der Waals surface area contributed by atoms with Gasteiger partial charge in [-0.05, 0) is 60.5 Å². The third-order valence-corrected chi connectivity index (χ3v) is 5.75. The summed E-state index contributed by atoms with van der Waals surface area (Å²) in [4.78, 5) is 23.9. The third-order valence-electron chi connectivity index (χ3n) is 4.65. The van der Waals surface area contributed by atoms with Crippen LogP contribution in [0.25, 0.3) is 0 Å². The number of hydrazone groups is 1. The summed E-state index contributed by atoms with van der Waals surface area (Å²) in [6.07, 6.45) is 2.27. The zero-order chi connectivity index (χ0) is 24.3. The lowest BCUT2D eigenvalue weighted by Gasteiger charge is -2.07. The molecular weight excluding hydrogens is 497 g/mol. The zero-order valence-electron chi connectivity index (χ0n) is 18.1. The first-order valence-corrected chi connectivity index (χ1v) is 11.6. The van der Waals surface area contributed by atoms with Crippen molar-refractivity contribution in [1.29, 1.82) is 0 Å². The van der Waals surface area contributed by atoms with Gasteiger partial charge in [-0.25, -0.2) is 5.43 Å². The second-order valence-electron chi connectivity index (χ2n) is 7.27. The fraction of sp³-hybridized carbons (Fsp3) is 0.160. The molecule has 0 aliphatic heterocycles. The van der Waals surface area contributed by atoms with Gasteiger partial charge >= 0.3 is 0 Å². The van der Waals surface area contributed by atoms with E-state index in [0.29, 0.717) is 39.5 Å². The number of nitrogens with one attached hydrogen (secondary N) is 2. The van der Waals surface area contributed by atoms with E-state index in [4.69, 9.17) is 39.5 Å². The summed E-state index contributed by atoms with van der Waals surface area (Å²) >= 11 is 17.9. The lowest BCUT2D eigenvalue weighted by atomic mass is 10.2. The highest BCUT2D eigenvalue weighted by molar-refractivity contribution is 6.42. The van der Waals surface area contributed by atoms with Gasteiger partial charge in [0, 0.05) is 29.1 Å². The minimum Gasteiger partial charge on any atom is -0.489 e. The Bertz CT molecular complexity index is 1170. The van der Waals surface area contributed by atoms with Crippen LogP contribution in [0.4, 0.5) is 5.69 Å². The van der Waals surface area contributed by atoms with E-state index in [2.05, 4.69) is 15.8 Å². The fourth-order valence-corrected chi connectivity index (χ4v) is 3.36. The lowest BCUT2D eigenvalue weighted by Crippen LogP contribution is -2.18. The van der Waals surface area contributed by atoms with E-state index < -0.39 is 0 Å². The molecule has 0 unspecified atom stereocenters. The molecule has 3 aromatic rings. The quantitative estimate of drug-likeness (QED) is 0.238. The van der Waals surface area contributed by atoms with Crippen LogP contribution in [0.15, 0.2) is 71.8 Å². The van der Waals surface area contributed by atoms with Crippen LogP contribution in [0, 0.1) is 0 Å². The Morgan fingerprint density at radius 1 is 0.853 bits per heavy atom. The number of ether oxygens (including phenoxy) is 1. The monoisotopic (exact) mass is 517 g/mol. The van der Waals surface area contributed by atoms with Crippen molar-refractivity contribution >= 4 is 58.5 Å². The molecule has 2 N–H and O–H groups in total. The maximum atomic E-state index is 12.0. The Morgan fingerprint density at radius 2 is 1.59 bits per heavy atom. The Kier molecular flexibility index (Phi) is 9.76. The first-order valence-electron chi connectivity index (χ1n) is 10.4. The molecule has 0 aliphatic carbocycles. The Labute approximate surface area is 212 Å². The maximum Gasteiger partial charge on any atom is 0.240 e. The van der Waals surface area contributed by atoms with E-state index in [0.717, 1.165) is 11.1 Å². The second-order valence-corrected chi connectivity index (χ2v) is 8.49. The van der Waals surface area contributed by atoms with Crippen molar-refractivity contribution in [3.05, 3.63) is 92.9 Å². The van der Waals surface area contributed by atoms with Crippen molar-refractivity contribution in [3.8, 4) is 5.75 Å². The van der Waals surface area contributed by atoms with Crippen LogP contribution in [-0.4, -0.2) is 18.0 Å². The first-order chi connectivity index (χ1) is 16.4. The first kappa shape index (κ1) is 25.6. The average Bonchev–Trinajstić information content (AvgIpc) is 2.82. The smallest absolute Gasteiger partial charge is 0.240 e. The van der Waals surface area contributed by atoms with Crippen LogP contribution in [-0.2, 0) is 16.2 Å². The van der Waals surface area contributed by atoms with Crippen molar-refractivity contribution in [2.75, 3.05) is 5.32 Å². The van der Waals surface area contributed by atoms with Gasteiger partial charge in [0.25, 0.3) is 0 Å². The highest BCUT2D eigenvalue weighted by Crippen LogP contribution is 2.25. The maximum absolute atomic E-state index is 12.0. The molecule has 0 aliphatic rings. The predicted molar refractivity (Wildman–Crippen MR) is 137 cm³/mol. The molecule has 0 radical (unpaired) electrons. The van der Waals surface area contributed by atoms with Crippen LogP contribution < -0.4 is 15.5 Å². The molecule has 176 valence electrons. The van der Waals surface area contributed by atoms with Crippen molar-refractivity contribution in [1.82, 2.24) is 5.43 Å². The predicted octanol–water partition coefficient (Wildman–Crippen LogP) is 6.48. The number of benzene rings is 3. The van der Waals surface area contributed by atoms with Gasteiger partial charge in [0.1, 0.15) is 12.4 Å². The lowest BCUT2D eigenvalue weighted by molar-refractivity contribution is -0.121. The Morgan fingerprint density at radius 3 is 2.32 bits per heavy atom. The Hall–Kier alpha value is -3.06. The molecule has 3 aromatic carbocycles. The van der Waals surface area contributed by atoms with Gasteiger partial charge in [-0.15, -0.1) is 0 Å². The molecule has 0 atom stereocenters. The highest BCUT2D eigenvalue weighted by atomic mass is 35.5. The number of carbonyl (C=O) groups is 2. The van der Waals surface area contributed by atoms with Crippen molar-refractivity contribution in [2.24, 2.45) is 5.10 Å². The van der Waals surface area contributed by atoms with Crippen molar-refractivity contribution in [3.63, 3.8) is 0 Å². The summed E-state index contributed by atoms with van der Waals surface area (Å²) in [6.45, 7) is 0.370. The largest absolute Gasteiger partial charge is 0.489 e. The van der Waals surface area contributed by atoms with E-state index in [9.17, 15) is 9.59 Å². The molecule has 0 heterocycles. The van der Waals surface area contributed by atoms with Crippen LogP contribution in [0.3, 0.4) is 0 Å². The molecule has 0 saturated carbocycles. The SMILES string of the molecule is O=C(CCCC(=O)Nc1ccc(Cl)c(Cl)c1)N/N=C\c1ccc(OCc2ccccc2Cl)cc1. The molecule has 34 heavy (non-hydrogen) atoms. The number of carbonyl (C=O) groups excluding carboxylic acids is 2. The summed E-state index contributed by atoms with van der Waals surface area (Å²) in [5.41, 5.74) is 4.71. The average molecular weight is 519 g/mol. The number of nitrogens with zero attached hydrogens (tertiary/aromatic N) is 1. The molecular formula is C25H22Cl3N3O3. The van der Waals surface area contributed by atoms with Gasteiger partial charge in [0.15, 0.2) is 0 Å². The standard InChI is InChI=1S/C25H22Cl3N3O3/c26-21-5-2-1-4-18(21)16-34-20-11-8-17(9-12-20)15-29-31-25(33)7-3-6-24(32)30-19-10-13-22(27)23(28)14-19/h1-2,4-5,8-15H,3,6-7,16H2,(H,30,32)(H,31,33)/b29-15-. The minimum absolute atomic E-state index is 0.168. The number of hydrogen-bond acceptors (Lipinski definition) is 4.